The first-order chi connectivity index (χ1) is 5.79. The number of amides is 1. The molecule has 0 saturated carbocycles. The van der Waals surface area contributed by atoms with Gasteiger partial charge in [-0.05, 0) is 17.1 Å². The molecule has 0 aromatic heterocycles. The van der Waals surface area contributed by atoms with Crippen molar-refractivity contribution in [3.05, 3.63) is 34.7 Å². The van der Waals surface area contributed by atoms with Gasteiger partial charge in [0.25, 0.3) is 0 Å². The van der Waals surface area contributed by atoms with E-state index in [9.17, 15) is 9.70 Å². The number of hydrogen-bond acceptors (Lipinski definition) is 2. The Bertz CT molecular complexity index is 359. The molecule has 0 bridgehead atoms. The number of aliphatic imine (C=N–C) groups is 1. The summed E-state index contributed by atoms with van der Waals surface area (Å²) in [5.41, 5.74) is 0.715. The summed E-state index contributed by atoms with van der Waals surface area (Å²) in [5, 5.41) is 0. The lowest BCUT2D eigenvalue weighted by Gasteiger charge is -1.98. The Hall–Kier alpha value is -1.84. The van der Waals surface area contributed by atoms with Crippen LogP contribution in [0.3, 0.4) is 0 Å². The van der Waals surface area contributed by atoms with Gasteiger partial charge in [-0.25, -0.2) is 4.79 Å². The molecule has 1 heterocycles. The summed E-state index contributed by atoms with van der Waals surface area (Å²) in [6.07, 6.45) is 0.977. The molecule has 0 radical (unpaired) electrons. The van der Waals surface area contributed by atoms with E-state index in [-0.39, 0.29) is 5.91 Å². The Balaban J connectivity index is 2.69. The van der Waals surface area contributed by atoms with Crippen LogP contribution in [0.1, 0.15) is 10.4 Å². The van der Waals surface area contributed by atoms with Gasteiger partial charge in [0.1, 0.15) is 5.56 Å². The summed E-state index contributed by atoms with van der Waals surface area (Å²) in [4.78, 5) is 25.5. The SMILES string of the molecule is O=C1N=C[N+](=O)c2ccccc21. The molecule has 1 aliphatic rings. The Labute approximate surface area is 68.1 Å². The highest BCUT2D eigenvalue weighted by molar-refractivity contribution is 6.03. The third-order valence-corrected chi connectivity index (χ3v) is 1.65. The molecule has 4 nitrogen and oxygen atoms in total. The van der Waals surface area contributed by atoms with Crippen LogP contribution in [0.2, 0.25) is 0 Å². The van der Waals surface area contributed by atoms with Crippen molar-refractivity contribution in [3.8, 4) is 0 Å². The first-order valence-electron chi connectivity index (χ1n) is 3.43. The first kappa shape index (κ1) is 6.84. The molecule has 0 atom stereocenters. The van der Waals surface area contributed by atoms with Crippen molar-refractivity contribution in [2.45, 2.75) is 0 Å². The number of rotatable bonds is 0. The van der Waals surface area contributed by atoms with Crippen molar-refractivity contribution in [3.63, 3.8) is 0 Å². The van der Waals surface area contributed by atoms with Crippen molar-refractivity contribution in [2.75, 3.05) is 0 Å². The summed E-state index contributed by atoms with van der Waals surface area (Å²) in [7, 11) is 0. The van der Waals surface area contributed by atoms with Gasteiger partial charge in [0, 0.05) is 4.76 Å². The van der Waals surface area contributed by atoms with E-state index in [2.05, 4.69) is 4.99 Å². The largest absolute Gasteiger partial charge is 0.386 e. The van der Waals surface area contributed by atoms with Crippen LogP contribution in [0.15, 0.2) is 29.3 Å². The van der Waals surface area contributed by atoms with Gasteiger partial charge in [-0.2, -0.15) is 0 Å². The van der Waals surface area contributed by atoms with Gasteiger partial charge < -0.3 is 0 Å². The van der Waals surface area contributed by atoms with E-state index in [1.807, 2.05) is 0 Å². The fourth-order valence-electron chi connectivity index (χ4n) is 1.08. The number of nitroso groups, excluding NO2 is 1. The molecule has 58 valence electrons. The topological polar surface area (TPSA) is 49.5 Å². The van der Waals surface area contributed by atoms with Crippen molar-refractivity contribution in [1.82, 2.24) is 0 Å². The highest BCUT2D eigenvalue weighted by Gasteiger charge is 2.26. The number of hydrogen-bond donors (Lipinski definition) is 0. The van der Waals surface area contributed by atoms with Crippen LogP contribution < -0.4 is 0 Å². The Morgan fingerprint density at radius 1 is 1.25 bits per heavy atom. The lowest BCUT2D eigenvalue weighted by molar-refractivity contribution is -0.321. The number of para-hydroxylation sites is 1. The lowest BCUT2D eigenvalue weighted by Crippen LogP contribution is -2.11. The van der Waals surface area contributed by atoms with Gasteiger partial charge >= 0.3 is 12.2 Å². The van der Waals surface area contributed by atoms with Gasteiger partial charge in [0.05, 0.1) is 0 Å². The van der Waals surface area contributed by atoms with Crippen LogP contribution >= 0.6 is 0 Å². The zero-order valence-corrected chi connectivity index (χ0v) is 6.10. The zero-order chi connectivity index (χ0) is 8.55. The van der Waals surface area contributed by atoms with Crippen molar-refractivity contribution >= 4 is 17.9 Å². The molecule has 1 aliphatic heterocycles. The second-order valence-corrected chi connectivity index (χ2v) is 2.39. The number of carbonyl (C=O) groups is 1. The van der Waals surface area contributed by atoms with Crippen molar-refractivity contribution in [2.24, 2.45) is 4.99 Å². The van der Waals surface area contributed by atoms with Gasteiger partial charge in [-0.15, -0.1) is 0 Å². The highest BCUT2D eigenvalue weighted by Crippen LogP contribution is 2.20. The van der Waals surface area contributed by atoms with Crippen LogP contribution in [-0.2, 0) is 0 Å². The van der Waals surface area contributed by atoms with E-state index >= 15 is 0 Å². The smallest absolute Gasteiger partial charge is 0.236 e. The van der Waals surface area contributed by atoms with Crippen LogP contribution in [0.25, 0.3) is 0 Å². The fourth-order valence-corrected chi connectivity index (χ4v) is 1.08. The van der Waals surface area contributed by atoms with E-state index in [0.29, 0.717) is 16.0 Å². The summed E-state index contributed by atoms with van der Waals surface area (Å²) in [6, 6.07) is 6.58. The molecule has 0 spiro atoms. The molecular weight excluding hydrogens is 156 g/mol. The zero-order valence-electron chi connectivity index (χ0n) is 6.10. The summed E-state index contributed by atoms with van der Waals surface area (Å²) < 4.78 is 0.580. The standard InChI is InChI=1S/C8H5N2O2/c11-8-6-3-1-2-4-7(6)10(12)5-9-8/h1-5H/q+1. The maximum absolute atomic E-state index is 11.1. The average molecular weight is 161 g/mol. The second-order valence-electron chi connectivity index (χ2n) is 2.39. The number of nitrogens with zero attached hydrogens (tertiary/aromatic N) is 2. The quantitative estimate of drug-likeness (QED) is 0.538. The van der Waals surface area contributed by atoms with Crippen LogP contribution in [-0.4, -0.2) is 17.0 Å². The van der Waals surface area contributed by atoms with E-state index in [0.717, 1.165) is 6.34 Å². The van der Waals surface area contributed by atoms with Crippen LogP contribution in [0.5, 0.6) is 0 Å². The van der Waals surface area contributed by atoms with E-state index in [1.54, 1.807) is 24.3 Å². The molecule has 0 aliphatic carbocycles. The average Bonchev–Trinajstić information content (AvgIpc) is 2.12. The molecule has 0 fully saturated rings. The molecule has 2 rings (SSSR count). The molecule has 1 aromatic rings. The molecule has 12 heavy (non-hydrogen) atoms. The number of carbonyl (C=O) groups excluding carboxylic acids is 1. The van der Waals surface area contributed by atoms with Crippen molar-refractivity contribution < 1.29 is 9.55 Å². The Kier molecular flexibility index (Phi) is 1.33. The number of benzene rings is 1. The normalized spacial score (nSPS) is 14.7. The van der Waals surface area contributed by atoms with E-state index < -0.39 is 0 Å². The minimum atomic E-state index is -0.363. The van der Waals surface area contributed by atoms with Gasteiger partial charge in [0.2, 0.25) is 0 Å². The predicted molar refractivity (Wildman–Crippen MR) is 42.6 cm³/mol. The maximum Gasteiger partial charge on any atom is 0.386 e. The summed E-state index contributed by atoms with van der Waals surface area (Å²) in [6.45, 7) is 0. The molecule has 1 amide bonds. The van der Waals surface area contributed by atoms with E-state index in [4.69, 9.17) is 0 Å². The van der Waals surface area contributed by atoms with Crippen LogP contribution in [0, 0.1) is 4.91 Å². The van der Waals surface area contributed by atoms with Gasteiger partial charge in [0.15, 0.2) is 5.69 Å². The minimum Gasteiger partial charge on any atom is -0.236 e. The van der Waals surface area contributed by atoms with Gasteiger partial charge in [-0.3, -0.25) is 0 Å². The lowest BCUT2D eigenvalue weighted by atomic mass is 10.1. The monoisotopic (exact) mass is 161 g/mol. The summed E-state index contributed by atoms with van der Waals surface area (Å²) >= 11 is 0. The molecule has 4 heteroatoms. The first-order valence-corrected chi connectivity index (χ1v) is 3.43. The third-order valence-electron chi connectivity index (χ3n) is 1.65. The maximum atomic E-state index is 11.1. The molecule has 0 unspecified atom stereocenters. The second kappa shape index (κ2) is 2.34. The molecule has 0 saturated heterocycles. The van der Waals surface area contributed by atoms with Crippen LogP contribution in [0.4, 0.5) is 5.69 Å². The van der Waals surface area contributed by atoms with E-state index in [1.165, 1.54) is 0 Å². The summed E-state index contributed by atoms with van der Waals surface area (Å²) in [5.74, 6) is -0.363. The molecular formula is C8H5N2O2+. The molecule has 1 aromatic carbocycles. The minimum absolute atomic E-state index is 0.356. The fraction of sp³-hybridized carbons (Fsp3) is 0. The third kappa shape index (κ3) is 0.852. The Morgan fingerprint density at radius 2 is 2.00 bits per heavy atom. The Morgan fingerprint density at radius 3 is 2.75 bits per heavy atom. The molecule has 0 N–H and O–H groups in total. The van der Waals surface area contributed by atoms with Gasteiger partial charge in [-0.1, -0.05) is 17.0 Å². The highest BCUT2D eigenvalue weighted by atomic mass is 16.3. The predicted octanol–water partition coefficient (Wildman–Crippen LogP) is 1.28. The number of fused-ring (bicyclic) bond motifs is 1. The van der Waals surface area contributed by atoms with Crippen molar-refractivity contribution in [1.29, 1.82) is 0 Å².